The van der Waals surface area contributed by atoms with Gasteiger partial charge in [0, 0.05) is 19.2 Å². The Morgan fingerprint density at radius 3 is 2.57 bits per heavy atom. The lowest BCUT2D eigenvalue weighted by atomic mass is 10.2. The summed E-state index contributed by atoms with van der Waals surface area (Å²) < 4.78 is 5.35. The van der Waals surface area contributed by atoms with E-state index in [1.807, 2.05) is 0 Å². The third-order valence-electron chi connectivity index (χ3n) is 2.96. The third-order valence-corrected chi connectivity index (χ3v) is 2.96. The van der Waals surface area contributed by atoms with Gasteiger partial charge in [0.2, 0.25) is 0 Å². The van der Waals surface area contributed by atoms with Crippen molar-refractivity contribution in [1.82, 2.24) is 4.90 Å². The summed E-state index contributed by atoms with van der Waals surface area (Å²) in [5.41, 5.74) is 0.492. The first-order valence-electron chi connectivity index (χ1n) is 6.48. The van der Waals surface area contributed by atoms with Gasteiger partial charge < -0.3 is 20.8 Å². The number of nitrogens with two attached hydrogens (primary N) is 1. The second kappa shape index (κ2) is 9.11. The van der Waals surface area contributed by atoms with Gasteiger partial charge >= 0.3 is 0 Å². The molecule has 0 aliphatic carbocycles. The first-order valence-corrected chi connectivity index (χ1v) is 6.48. The van der Waals surface area contributed by atoms with Crippen molar-refractivity contribution < 1.29 is 14.9 Å². The fourth-order valence-electron chi connectivity index (χ4n) is 1.91. The quantitative estimate of drug-likeness (QED) is 0.227. The molecule has 21 heavy (non-hydrogen) atoms. The van der Waals surface area contributed by atoms with Crippen LogP contribution in [-0.2, 0) is 4.74 Å². The van der Waals surface area contributed by atoms with E-state index >= 15 is 0 Å². The van der Waals surface area contributed by atoms with E-state index in [-0.39, 0.29) is 6.61 Å². The Hall–Kier alpha value is -1.90. The first-order chi connectivity index (χ1) is 10.1. The predicted molar refractivity (Wildman–Crippen MR) is 80.6 cm³/mol. The summed E-state index contributed by atoms with van der Waals surface area (Å²) in [6, 6.07) is 0. The lowest BCUT2D eigenvalue weighted by Gasteiger charge is -2.16. The molecule has 0 aromatic heterocycles. The van der Waals surface area contributed by atoms with Crippen molar-refractivity contribution in [2.24, 2.45) is 15.9 Å². The van der Waals surface area contributed by atoms with Gasteiger partial charge in [0.25, 0.3) is 0 Å². The summed E-state index contributed by atoms with van der Waals surface area (Å²) in [6.07, 6.45) is 10.4. The Balaban J connectivity index is 2.57. The molecule has 114 valence electrons. The van der Waals surface area contributed by atoms with Crippen molar-refractivity contribution in [3.63, 3.8) is 0 Å². The van der Waals surface area contributed by atoms with Gasteiger partial charge in [0.15, 0.2) is 6.23 Å². The average Bonchev–Trinajstić information content (AvgIpc) is 2.84. The molecule has 0 aromatic rings. The number of aliphatic hydroxyl groups excluding tert-OH is 2. The molecule has 0 spiro atoms. The number of aliphatic hydroxyl groups is 2. The molecular formula is C14H20N4O3. The Morgan fingerprint density at radius 1 is 1.43 bits per heavy atom. The number of terminal acetylenes is 2. The molecule has 0 saturated carbocycles. The van der Waals surface area contributed by atoms with Crippen LogP contribution in [0.5, 0.6) is 0 Å². The minimum atomic E-state index is -0.727. The maximum atomic E-state index is 9.60. The largest absolute Gasteiger partial charge is 0.394 e. The number of aliphatic imine (C=N–C) groups is 1. The number of hydrogen-bond acceptors (Lipinski definition) is 7. The van der Waals surface area contributed by atoms with E-state index in [0.29, 0.717) is 31.8 Å². The normalized spacial score (nSPS) is 26.1. The lowest BCUT2D eigenvalue weighted by molar-refractivity contribution is -0.0192. The SMILES string of the molecule is C#CCN(CC#C)CC(C=NC1CC(O)C(CO)O1)=NN. The van der Waals surface area contributed by atoms with Crippen LogP contribution in [-0.4, -0.2) is 71.7 Å². The zero-order chi connectivity index (χ0) is 15.7. The van der Waals surface area contributed by atoms with Crippen molar-refractivity contribution in [3.8, 4) is 24.7 Å². The van der Waals surface area contributed by atoms with E-state index in [4.69, 9.17) is 28.5 Å². The molecule has 1 aliphatic heterocycles. The van der Waals surface area contributed by atoms with Crippen molar-refractivity contribution in [2.45, 2.75) is 24.9 Å². The highest BCUT2D eigenvalue weighted by atomic mass is 16.5. The van der Waals surface area contributed by atoms with E-state index in [1.165, 1.54) is 6.21 Å². The Bertz CT molecular complexity index is 448. The average molecular weight is 292 g/mol. The van der Waals surface area contributed by atoms with Crippen LogP contribution in [0.4, 0.5) is 0 Å². The summed E-state index contributed by atoms with van der Waals surface area (Å²) in [7, 11) is 0. The number of nitrogens with zero attached hydrogens (tertiary/aromatic N) is 3. The molecular weight excluding hydrogens is 272 g/mol. The van der Waals surface area contributed by atoms with Crippen LogP contribution in [0.15, 0.2) is 10.1 Å². The minimum absolute atomic E-state index is 0.247. The van der Waals surface area contributed by atoms with Crippen LogP contribution < -0.4 is 5.84 Å². The summed E-state index contributed by atoms with van der Waals surface area (Å²) >= 11 is 0. The van der Waals surface area contributed by atoms with Crippen LogP contribution in [0.1, 0.15) is 6.42 Å². The van der Waals surface area contributed by atoms with E-state index in [1.54, 1.807) is 4.90 Å². The fourth-order valence-corrected chi connectivity index (χ4v) is 1.91. The number of hydrazone groups is 1. The minimum Gasteiger partial charge on any atom is -0.394 e. The fraction of sp³-hybridized carbons (Fsp3) is 0.571. The highest BCUT2D eigenvalue weighted by molar-refractivity contribution is 6.31. The summed E-state index contributed by atoms with van der Waals surface area (Å²) in [6.45, 7) is 0.876. The van der Waals surface area contributed by atoms with Crippen LogP contribution >= 0.6 is 0 Å². The van der Waals surface area contributed by atoms with Gasteiger partial charge in [-0.1, -0.05) is 11.8 Å². The first kappa shape index (κ1) is 17.2. The predicted octanol–water partition coefficient (Wildman–Crippen LogP) is -1.59. The standard InChI is InChI=1S/C14H20N4O3/c1-3-5-18(6-4-2)9-11(17-15)8-16-14-7-12(20)13(10-19)21-14/h1-2,8,12-14,19-20H,5-7,9-10,15H2. The molecule has 1 rings (SSSR count). The number of ether oxygens (including phenoxy) is 1. The van der Waals surface area contributed by atoms with E-state index < -0.39 is 18.4 Å². The van der Waals surface area contributed by atoms with Gasteiger partial charge in [0.05, 0.1) is 31.5 Å². The Morgan fingerprint density at radius 2 is 2.10 bits per heavy atom. The van der Waals surface area contributed by atoms with Gasteiger partial charge in [-0.2, -0.15) is 5.10 Å². The van der Waals surface area contributed by atoms with E-state index in [9.17, 15) is 5.11 Å². The molecule has 1 fully saturated rings. The molecule has 1 heterocycles. The van der Waals surface area contributed by atoms with Gasteiger partial charge in [-0.25, -0.2) is 0 Å². The molecule has 1 aliphatic rings. The smallest absolute Gasteiger partial charge is 0.151 e. The molecule has 3 atom stereocenters. The van der Waals surface area contributed by atoms with Gasteiger partial charge in [-0.15, -0.1) is 12.8 Å². The number of hydrogen-bond donors (Lipinski definition) is 3. The summed E-state index contributed by atoms with van der Waals surface area (Å²) in [4.78, 5) is 5.96. The molecule has 4 N–H and O–H groups in total. The van der Waals surface area contributed by atoms with Gasteiger partial charge in [-0.3, -0.25) is 9.89 Å². The lowest BCUT2D eigenvalue weighted by Crippen LogP contribution is -2.32. The molecule has 0 amide bonds. The molecule has 1 saturated heterocycles. The molecule has 0 aromatic carbocycles. The van der Waals surface area contributed by atoms with Crippen LogP contribution in [0.25, 0.3) is 0 Å². The van der Waals surface area contributed by atoms with Crippen molar-refractivity contribution >= 4 is 11.9 Å². The van der Waals surface area contributed by atoms with Crippen molar-refractivity contribution in [3.05, 3.63) is 0 Å². The summed E-state index contributed by atoms with van der Waals surface area (Å²) in [5.74, 6) is 10.3. The molecule has 7 heteroatoms. The molecule has 0 bridgehead atoms. The second-order valence-corrected chi connectivity index (χ2v) is 4.57. The monoisotopic (exact) mass is 292 g/mol. The number of rotatable bonds is 7. The van der Waals surface area contributed by atoms with E-state index in [0.717, 1.165) is 0 Å². The highest BCUT2D eigenvalue weighted by Gasteiger charge is 2.32. The third kappa shape index (κ3) is 5.54. The van der Waals surface area contributed by atoms with Crippen LogP contribution in [0.3, 0.4) is 0 Å². The Labute approximate surface area is 124 Å². The zero-order valence-electron chi connectivity index (χ0n) is 11.7. The van der Waals surface area contributed by atoms with E-state index in [2.05, 4.69) is 21.9 Å². The topological polar surface area (TPSA) is 104 Å². The zero-order valence-corrected chi connectivity index (χ0v) is 11.7. The second-order valence-electron chi connectivity index (χ2n) is 4.57. The maximum Gasteiger partial charge on any atom is 0.151 e. The van der Waals surface area contributed by atoms with Crippen LogP contribution in [0.2, 0.25) is 0 Å². The van der Waals surface area contributed by atoms with Gasteiger partial charge in [-0.05, 0) is 0 Å². The molecule has 3 unspecified atom stereocenters. The van der Waals surface area contributed by atoms with Crippen LogP contribution in [0, 0.1) is 24.7 Å². The molecule has 0 radical (unpaired) electrons. The molecule has 7 nitrogen and oxygen atoms in total. The maximum absolute atomic E-state index is 9.60. The summed E-state index contributed by atoms with van der Waals surface area (Å²) in [5, 5.41) is 22.2. The van der Waals surface area contributed by atoms with Crippen molar-refractivity contribution in [1.29, 1.82) is 0 Å². The van der Waals surface area contributed by atoms with Gasteiger partial charge in [0.1, 0.15) is 6.10 Å². The van der Waals surface area contributed by atoms with Crippen molar-refractivity contribution in [2.75, 3.05) is 26.2 Å². The Kier molecular flexibility index (Phi) is 7.44. The highest BCUT2D eigenvalue weighted by Crippen LogP contribution is 2.20.